The molecule has 1 aromatic carbocycles. The SMILES string of the molecule is CCNC(=NCC(=O)NC(C)(C)C)NCC(O)c1cccc(OC)c1.I. The number of aliphatic hydroxyl groups excluding tert-OH is 1. The first kappa shape index (κ1) is 24.5. The van der Waals surface area contributed by atoms with Crippen molar-refractivity contribution in [3.05, 3.63) is 29.8 Å². The number of aliphatic imine (C=N–C) groups is 1. The molecule has 0 fully saturated rings. The van der Waals surface area contributed by atoms with Crippen molar-refractivity contribution >= 4 is 35.8 Å². The van der Waals surface area contributed by atoms with E-state index in [1.54, 1.807) is 13.2 Å². The maximum atomic E-state index is 11.9. The molecular formula is C18H31IN4O3. The van der Waals surface area contributed by atoms with Crippen LogP contribution < -0.4 is 20.7 Å². The predicted molar refractivity (Wildman–Crippen MR) is 115 cm³/mol. The molecule has 0 aliphatic rings. The molecule has 148 valence electrons. The number of nitrogens with zero attached hydrogens (tertiary/aromatic N) is 1. The summed E-state index contributed by atoms with van der Waals surface area (Å²) >= 11 is 0. The molecule has 0 aliphatic heterocycles. The van der Waals surface area contributed by atoms with Crippen molar-refractivity contribution in [3.8, 4) is 5.75 Å². The number of hydrogen-bond acceptors (Lipinski definition) is 4. The summed E-state index contributed by atoms with van der Waals surface area (Å²) in [6, 6.07) is 7.26. The third kappa shape index (κ3) is 9.81. The molecule has 0 aliphatic carbocycles. The Hall–Kier alpha value is -1.55. The molecule has 0 heterocycles. The van der Waals surface area contributed by atoms with E-state index in [9.17, 15) is 9.90 Å². The lowest BCUT2D eigenvalue weighted by Crippen LogP contribution is -2.43. The van der Waals surface area contributed by atoms with Crippen LogP contribution in [0.1, 0.15) is 39.4 Å². The van der Waals surface area contributed by atoms with E-state index in [2.05, 4.69) is 20.9 Å². The molecule has 1 rings (SSSR count). The Morgan fingerprint density at radius 1 is 1.31 bits per heavy atom. The molecule has 1 unspecified atom stereocenters. The van der Waals surface area contributed by atoms with E-state index >= 15 is 0 Å². The number of rotatable bonds is 7. The zero-order valence-corrected chi connectivity index (χ0v) is 18.5. The minimum Gasteiger partial charge on any atom is -0.497 e. The Balaban J connectivity index is 0.00000625. The number of aliphatic hydroxyl groups is 1. The topological polar surface area (TPSA) is 95.0 Å². The monoisotopic (exact) mass is 478 g/mol. The molecule has 0 saturated heterocycles. The summed E-state index contributed by atoms with van der Waals surface area (Å²) in [6.45, 7) is 8.63. The zero-order chi connectivity index (χ0) is 18.9. The number of carbonyl (C=O) groups excluding carboxylic acids is 1. The van der Waals surface area contributed by atoms with Gasteiger partial charge in [-0.2, -0.15) is 0 Å². The second-order valence-electron chi connectivity index (χ2n) is 6.67. The molecule has 0 bridgehead atoms. The average molecular weight is 478 g/mol. The van der Waals surface area contributed by atoms with Gasteiger partial charge in [-0.1, -0.05) is 12.1 Å². The van der Waals surface area contributed by atoms with Gasteiger partial charge >= 0.3 is 0 Å². The summed E-state index contributed by atoms with van der Waals surface area (Å²) in [5, 5.41) is 19.3. The molecule has 1 atom stereocenters. The van der Waals surface area contributed by atoms with E-state index in [1.807, 2.05) is 45.9 Å². The molecule has 0 saturated carbocycles. The molecule has 26 heavy (non-hydrogen) atoms. The van der Waals surface area contributed by atoms with Gasteiger partial charge < -0.3 is 25.8 Å². The fourth-order valence-electron chi connectivity index (χ4n) is 2.11. The van der Waals surface area contributed by atoms with Gasteiger partial charge in [-0.25, -0.2) is 4.99 Å². The molecule has 1 aromatic rings. The van der Waals surface area contributed by atoms with Crippen LogP contribution in [-0.4, -0.2) is 49.3 Å². The van der Waals surface area contributed by atoms with Crippen LogP contribution in [-0.2, 0) is 4.79 Å². The maximum Gasteiger partial charge on any atom is 0.242 e. The molecule has 4 N–H and O–H groups in total. The third-order valence-corrected chi connectivity index (χ3v) is 3.18. The van der Waals surface area contributed by atoms with Crippen LogP contribution in [0.2, 0.25) is 0 Å². The smallest absolute Gasteiger partial charge is 0.242 e. The summed E-state index contributed by atoms with van der Waals surface area (Å²) in [7, 11) is 1.59. The Morgan fingerprint density at radius 3 is 2.58 bits per heavy atom. The molecule has 0 spiro atoms. The van der Waals surface area contributed by atoms with E-state index in [1.165, 1.54) is 0 Å². The van der Waals surface area contributed by atoms with Crippen molar-refractivity contribution in [2.75, 3.05) is 26.7 Å². The third-order valence-electron chi connectivity index (χ3n) is 3.18. The predicted octanol–water partition coefficient (Wildman–Crippen LogP) is 1.82. The van der Waals surface area contributed by atoms with E-state index in [0.717, 1.165) is 5.56 Å². The van der Waals surface area contributed by atoms with Crippen molar-refractivity contribution < 1.29 is 14.6 Å². The normalized spacial score (nSPS) is 12.6. The van der Waals surface area contributed by atoms with Gasteiger partial charge in [0.15, 0.2) is 5.96 Å². The molecular weight excluding hydrogens is 447 g/mol. The minimum atomic E-state index is -0.720. The number of nitrogens with one attached hydrogen (secondary N) is 3. The number of benzene rings is 1. The number of ether oxygens (including phenoxy) is 1. The zero-order valence-electron chi connectivity index (χ0n) is 16.1. The van der Waals surface area contributed by atoms with Crippen LogP contribution in [0.25, 0.3) is 0 Å². The first-order chi connectivity index (χ1) is 11.7. The van der Waals surface area contributed by atoms with Crippen LogP contribution in [0.4, 0.5) is 0 Å². The first-order valence-corrected chi connectivity index (χ1v) is 8.40. The fourth-order valence-corrected chi connectivity index (χ4v) is 2.11. The van der Waals surface area contributed by atoms with Gasteiger partial charge in [-0.15, -0.1) is 24.0 Å². The van der Waals surface area contributed by atoms with Crippen molar-refractivity contribution in [2.45, 2.75) is 39.3 Å². The number of guanidine groups is 1. The quantitative estimate of drug-likeness (QED) is 0.273. The Morgan fingerprint density at radius 2 is 2.00 bits per heavy atom. The average Bonchev–Trinajstić information content (AvgIpc) is 2.55. The largest absolute Gasteiger partial charge is 0.497 e. The maximum absolute atomic E-state index is 11.9. The first-order valence-electron chi connectivity index (χ1n) is 8.40. The van der Waals surface area contributed by atoms with E-state index in [-0.39, 0.29) is 48.5 Å². The van der Waals surface area contributed by atoms with E-state index < -0.39 is 6.10 Å². The van der Waals surface area contributed by atoms with Gasteiger partial charge in [0, 0.05) is 18.6 Å². The highest BCUT2D eigenvalue weighted by atomic mass is 127. The highest BCUT2D eigenvalue weighted by Gasteiger charge is 2.14. The standard InChI is InChI=1S/C18H30N4O3.HI/c1-6-19-17(21-12-16(24)22-18(2,3)4)20-11-15(23)13-8-7-9-14(10-13)25-5;/h7-10,15,23H,6,11-12H2,1-5H3,(H,22,24)(H2,19,20,21);1H. The van der Waals surface area contributed by atoms with Gasteiger partial charge in [0.2, 0.25) is 5.91 Å². The van der Waals surface area contributed by atoms with Crippen molar-refractivity contribution in [1.82, 2.24) is 16.0 Å². The number of carbonyl (C=O) groups is 1. The Labute approximate surface area is 173 Å². The summed E-state index contributed by atoms with van der Waals surface area (Å²) in [6.07, 6.45) is -0.720. The fraction of sp³-hybridized carbons (Fsp3) is 0.556. The van der Waals surface area contributed by atoms with E-state index in [0.29, 0.717) is 18.3 Å². The van der Waals surface area contributed by atoms with Crippen LogP contribution >= 0.6 is 24.0 Å². The number of amides is 1. The van der Waals surface area contributed by atoms with Crippen molar-refractivity contribution in [3.63, 3.8) is 0 Å². The van der Waals surface area contributed by atoms with Crippen LogP contribution in [0.15, 0.2) is 29.3 Å². The van der Waals surface area contributed by atoms with E-state index in [4.69, 9.17) is 4.74 Å². The highest BCUT2D eigenvalue weighted by Crippen LogP contribution is 2.18. The Bertz CT molecular complexity index is 588. The van der Waals surface area contributed by atoms with Gasteiger partial charge in [-0.3, -0.25) is 4.79 Å². The highest BCUT2D eigenvalue weighted by molar-refractivity contribution is 14.0. The van der Waals surface area contributed by atoms with Crippen molar-refractivity contribution in [1.29, 1.82) is 0 Å². The number of methoxy groups -OCH3 is 1. The van der Waals surface area contributed by atoms with Crippen LogP contribution in [0.5, 0.6) is 5.75 Å². The molecule has 0 aromatic heterocycles. The Kier molecular flexibility index (Phi) is 11.2. The number of hydrogen-bond donors (Lipinski definition) is 4. The summed E-state index contributed by atoms with van der Waals surface area (Å²) in [5.74, 6) is 1.02. The molecule has 0 radical (unpaired) electrons. The summed E-state index contributed by atoms with van der Waals surface area (Å²) in [5.41, 5.74) is 0.453. The van der Waals surface area contributed by atoms with Gasteiger partial charge in [0.25, 0.3) is 0 Å². The lowest BCUT2D eigenvalue weighted by atomic mass is 10.1. The lowest BCUT2D eigenvalue weighted by molar-refractivity contribution is -0.121. The summed E-state index contributed by atoms with van der Waals surface area (Å²) in [4.78, 5) is 16.1. The molecule has 8 heteroatoms. The van der Waals surface area contributed by atoms with Gasteiger partial charge in [0.05, 0.1) is 13.2 Å². The van der Waals surface area contributed by atoms with Gasteiger partial charge in [0.1, 0.15) is 12.3 Å². The minimum absolute atomic E-state index is 0. The van der Waals surface area contributed by atoms with Gasteiger partial charge in [-0.05, 0) is 45.4 Å². The second kappa shape index (κ2) is 11.9. The molecule has 1 amide bonds. The number of halogens is 1. The lowest BCUT2D eigenvalue weighted by Gasteiger charge is -2.20. The second-order valence-corrected chi connectivity index (χ2v) is 6.67. The van der Waals surface area contributed by atoms with Crippen LogP contribution in [0.3, 0.4) is 0 Å². The van der Waals surface area contributed by atoms with Crippen LogP contribution in [0, 0.1) is 0 Å². The summed E-state index contributed by atoms with van der Waals surface area (Å²) < 4.78 is 5.16. The molecule has 7 nitrogen and oxygen atoms in total. The van der Waals surface area contributed by atoms with Crippen molar-refractivity contribution in [2.24, 2.45) is 4.99 Å².